The maximum atomic E-state index is 11.6. The number of carbonyl (C=O) groups excluding carboxylic acids is 1. The minimum absolute atomic E-state index is 0.152. The van der Waals surface area contributed by atoms with Crippen LogP contribution in [0, 0.1) is 0 Å². The second kappa shape index (κ2) is 6.59. The van der Waals surface area contributed by atoms with Gasteiger partial charge in [-0.25, -0.2) is 0 Å². The molecule has 0 aromatic heterocycles. The maximum absolute atomic E-state index is 11.6. The van der Waals surface area contributed by atoms with Crippen molar-refractivity contribution < 1.29 is 9.53 Å². The summed E-state index contributed by atoms with van der Waals surface area (Å²) in [6.45, 7) is 6.26. The van der Waals surface area contributed by atoms with Gasteiger partial charge >= 0.3 is 5.97 Å². The third-order valence-corrected chi connectivity index (χ3v) is 3.19. The summed E-state index contributed by atoms with van der Waals surface area (Å²) in [5.74, 6) is 0.704. The van der Waals surface area contributed by atoms with Crippen LogP contribution < -0.4 is 0 Å². The SMILES string of the molecule is CCOC(=O)C(C)c1cccc(SCC)c1. The molecule has 0 amide bonds. The van der Waals surface area contributed by atoms with Crippen LogP contribution in [0.4, 0.5) is 0 Å². The van der Waals surface area contributed by atoms with Crippen LogP contribution in [0.3, 0.4) is 0 Å². The van der Waals surface area contributed by atoms with Crippen LogP contribution in [0.2, 0.25) is 0 Å². The third-order valence-electron chi connectivity index (χ3n) is 2.31. The van der Waals surface area contributed by atoms with Crippen molar-refractivity contribution in [3.05, 3.63) is 29.8 Å². The molecule has 0 fully saturated rings. The summed E-state index contributed by atoms with van der Waals surface area (Å²) in [4.78, 5) is 12.8. The van der Waals surface area contributed by atoms with Gasteiger partial charge in [-0.1, -0.05) is 19.1 Å². The lowest BCUT2D eigenvalue weighted by molar-refractivity contribution is -0.144. The molecule has 0 radical (unpaired) electrons. The van der Waals surface area contributed by atoms with Crippen molar-refractivity contribution >= 4 is 17.7 Å². The molecule has 16 heavy (non-hydrogen) atoms. The topological polar surface area (TPSA) is 26.3 Å². The van der Waals surface area contributed by atoms with E-state index in [0.29, 0.717) is 6.61 Å². The van der Waals surface area contributed by atoms with Gasteiger partial charge < -0.3 is 4.74 Å². The number of carbonyl (C=O) groups is 1. The fourth-order valence-corrected chi connectivity index (χ4v) is 2.17. The summed E-state index contributed by atoms with van der Waals surface area (Å²) in [5.41, 5.74) is 1.02. The Hall–Kier alpha value is -0.960. The maximum Gasteiger partial charge on any atom is 0.313 e. The molecule has 0 aliphatic rings. The van der Waals surface area contributed by atoms with Crippen LogP contribution >= 0.6 is 11.8 Å². The van der Waals surface area contributed by atoms with Crippen molar-refractivity contribution in [1.82, 2.24) is 0 Å². The molecule has 0 heterocycles. The summed E-state index contributed by atoms with van der Waals surface area (Å²) in [6.07, 6.45) is 0. The predicted molar refractivity (Wildman–Crippen MR) is 67.9 cm³/mol. The van der Waals surface area contributed by atoms with E-state index in [1.54, 1.807) is 11.8 Å². The van der Waals surface area contributed by atoms with Gasteiger partial charge in [0.05, 0.1) is 12.5 Å². The Morgan fingerprint density at radius 2 is 2.19 bits per heavy atom. The molecular weight excluding hydrogens is 220 g/mol. The second-order valence-electron chi connectivity index (χ2n) is 3.48. The van der Waals surface area contributed by atoms with Gasteiger partial charge in [0.15, 0.2) is 0 Å². The third kappa shape index (κ3) is 3.56. The average Bonchev–Trinajstić information content (AvgIpc) is 2.29. The largest absolute Gasteiger partial charge is 0.466 e. The molecule has 0 saturated carbocycles. The van der Waals surface area contributed by atoms with Crippen LogP contribution in [0.15, 0.2) is 29.2 Å². The first-order valence-corrected chi connectivity index (χ1v) is 6.57. The molecule has 3 heteroatoms. The molecule has 0 aliphatic heterocycles. The smallest absolute Gasteiger partial charge is 0.313 e. The Morgan fingerprint density at radius 3 is 2.81 bits per heavy atom. The molecule has 0 spiro atoms. The number of thioether (sulfide) groups is 1. The van der Waals surface area contributed by atoms with Gasteiger partial charge in [-0.2, -0.15) is 0 Å². The monoisotopic (exact) mass is 238 g/mol. The van der Waals surface area contributed by atoms with Crippen LogP contribution in [-0.4, -0.2) is 18.3 Å². The molecule has 0 saturated heterocycles. The summed E-state index contributed by atoms with van der Waals surface area (Å²) in [5, 5.41) is 0. The van der Waals surface area contributed by atoms with Crippen LogP contribution in [0.5, 0.6) is 0 Å². The molecule has 1 atom stereocenters. The van der Waals surface area contributed by atoms with Gasteiger partial charge in [0.25, 0.3) is 0 Å². The fraction of sp³-hybridized carbons (Fsp3) is 0.462. The fourth-order valence-electron chi connectivity index (χ4n) is 1.44. The highest BCUT2D eigenvalue weighted by atomic mass is 32.2. The van der Waals surface area contributed by atoms with E-state index in [9.17, 15) is 4.79 Å². The quantitative estimate of drug-likeness (QED) is 0.580. The summed E-state index contributed by atoms with van der Waals surface area (Å²) < 4.78 is 5.01. The first-order chi connectivity index (χ1) is 7.69. The van der Waals surface area contributed by atoms with Gasteiger partial charge in [-0.05, 0) is 37.3 Å². The Bertz CT molecular complexity index is 350. The number of esters is 1. The predicted octanol–water partition coefficient (Wildman–Crippen LogP) is 3.47. The lowest BCUT2D eigenvalue weighted by Gasteiger charge is -2.11. The first-order valence-electron chi connectivity index (χ1n) is 5.58. The number of benzene rings is 1. The van der Waals surface area contributed by atoms with Gasteiger partial charge in [0.2, 0.25) is 0 Å². The molecule has 0 aliphatic carbocycles. The Morgan fingerprint density at radius 1 is 1.44 bits per heavy atom. The van der Waals surface area contributed by atoms with Gasteiger partial charge in [-0.3, -0.25) is 4.79 Å². The van der Waals surface area contributed by atoms with Crippen LogP contribution in [-0.2, 0) is 9.53 Å². The van der Waals surface area contributed by atoms with Gasteiger partial charge in [-0.15, -0.1) is 11.8 Å². The zero-order valence-corrected chi connectivity index (χ0v) is 10.8. The Balaban J connectivity index is 2.78. The van der Waals surface area contributed by atoms with E-state index in [-0.39, 0.29) is 11.9 Å². The van der Waals surface area contributed by atoms with E-state index in [1.165, 1.54) is 4.90 Å². The van der Waals surface area contributed by atoms with Crippen molar-refractivity contribution in [2.45, 2.75) is 31.6 Å². The van der Waals surface area contributed by atoms with Crippen LogP contribution in [0.1, 0.15) is 32.3 Å². The van der Waals surface area contributed by atoms with E-state index < -0.39 is 0 Å². The lowest BCUT2D eigenvalue weighted by Crippen LogP contribution is -2.12. The highest BCUT2D eigenvalue weighted by Gasteiger charge is 2.16. The average molecular weight is 238 g/mol. The normalized spacial score (nSPS) is 12.2. The van der Waals surface area contributed by atoms with Gasteiger partial charge in [0, 0.05) is 4.90 Å². The van der Waals surface area contributed by atoms with Crippen LogP contribution in [0.25, 0.3) is 0 Å². The van der Waals surface area contributed by atoms with Crippen molar-refractivity contribution in [3.63, 3.8) is 0 Å². The van der Waals surface area contributed by atoms with Crippen molar-refractivity contribution in [2.75, 3.05) is 12.4 Å². The number of hydrogen-bond donors (Lipinski definition) is 0. The molecule has 0 bridgehead atoms. The van der Waals surface area contributed by atoms with E-state index in [4.69, 9.17) is 4.74 Å². The molecule has 2 nitrogen and oxygen atoms in total. The molecule has 88 valence electrons. The highest BCUT2D eigenvalue weighted by molar-refractivity contribution is 7.99. The molecule has 0 N–H and O–H groups in total. The van der Waals surface area contributed by atoms with E-state index in [1.807, 2.05) is 26.0 Å². The van der Waals surface area contributed by atoms with Crippen molar-refractivity contribution in [1.29, 1.82) is 0 Å². The number of rotatable bonds is 5. The first kappa shape index (κ1) is 13.1. The number of ether oxygens (including phenoxy) is 1. The standard InChI is InChI=1S/C13H18O2S/c1-4-15-13(14)10(3)11-7-6-8-12(9-11)16-5-2/h6-10H,4-5H2,1-3H3. The summed E-state index contributed by atoms with van der Waals surface area (Å²) in [7, 11) is 0. The highest BCUT2D eigenvalue weighted by Crippen LogP contribution is 2.23. The number of hydrogen-bond acceptors (Lipinski definition) is 3. The van der Waals surface area contributed by atoms with Gasteiger partial charge in [0.1, 0.15) is 0 Å². The zero-order valence-electron chi connectivity index (χ0n) is 10.0. The van der Waals surface area contributed by atoms with E-state index >= 15 is 0 Å². The summed E-state index contributed by atoms with van der Waals surface area (Å²) >= 11 is 1.78. The Kier molecular flexibility index (Phi) is 5.39. The Labute approximate surface area is 101 Å². The van der Waals surface area contributed by atoms with Crippen molar-refractivity contribution in [3.8, 4) is 0 Å². The molecule has 1 aromatic carbocycles. The lowest BCUT2D eigenvalue weighted by atomic mass is 10.0. The molecule has 1 aromatic rings. The minimum atomic E-state index is -0.183. The summed E-state index contributed by atoms with van der Waals surface area (Å²) in [6, 6.07) is 8.09. The van der Waals surface area contributed by atoms with E-state index in [2.05, 4.69) is 19.1 Å². The van der Waals surface area contributed by atoms with E-state index in [0.717, 1.165) is 11.3 Å². The molecular formula is C13H18O2S. The van der Waals surface area contributed by atoms with Crippen molar-refractivity contribution in [2.24, 2.45) is 0 Å². The second-order valence-corrected chi connectivity index (χ2v) is 4.82. The molecule has 1 unspecified atom stereocenters. The molecule has 1 rings (SSSR count). The minimum Gasteiger partial charge on any atom is -0.466 e. The zero-order chi connectivity index (χ0) is 12.0.